The number of aromatic amines is 1. The summed E-state index contributed by atoms with van der Waals surface area (Å²) in [4.78, 5) is 11.7. The number of thiophene rings is 1. The molecule has 0 aromatic carbocycles. The summed E-state index contributed by atoms with van der Waals surface area (Å²) in [5, 5.41) is 6.26. The number of aromatic nitrogens is 2. The molecule has 0 aliphatic rings. The predicted octanol–water partition coefficient (Wildman–Crippen LogP) is 2.34. The van der Waals surface area contributed by atoms with Crippen LogP contribution in [0.15, 0.2) is 56.1 Å². The molecular weight excluding hydrogens is 362 g/mol. The van der Waals surface area contributed by atoms with Gasteiger partial charge in [0, 0.05) is 26.1 Å². The highest BCUT2D eigenvalue weighted by Gasteiger charge is 2.23. The van der Waals surface area contributed by atoms with Crippen LogP contribution in [0.3, 0.4) is 0 Å². The van der Waals surface area contributed by atoms with Crippen molar-refractivity contribution in [2.45, 2.75) is 17.1 Å². The Bertz CT molecular complexity index is 970. The lowest BCUT2D eigenvalue weighted by molar-refractivity contribution is 0.444. The fraction of sp³-hybridized carbons (Fsp3) is 0.250. The van der Waals surface area contributed by atoms with Crippen LogP contribution in [0.1, 0.15) is 12.2 Å². The minimum Gasteiger partial charge on any atom is -0.469 e. The predicted molar refractivity (Wildman–Crippen MR) is 95.0 cm³/mol. The van der Waals surface area contributed by atoms with Crippen LogP contribution in [0.4, 0.5) is 0 Å². The van der Waals surface area contributed by atoms with Gasteiger partial charge in [-0.1, -0.05) is 0 Å². The zero-order valence-corrected chi connectivity index (χ0v) is 15.1. The van der Waals surface area contributed by atoms with Gasteiger partial charge < -0.3 is 4.42 Å². The van der Waals surface area contributed by atoms with Crippen molar-refractivity contribution in [1.29, 1.82) is 0 Å². The third-order valence-electron chi connectivity index (χ3n) is 3.65. The first-order valence-corrected chi connectivity index (χ1v) is 9.87. The second-order valence-electron chi connectivity index (χ2n) is 5.43. The van der Waals surface area contributed by atoms with Crippen LogP contribution < -0.4 is 5.56 Å². The Morgan fingerprint density at radius 2 is 2.08 bits per heavy atom. The number of furan rings is 1. The van der Waals surface area contributed by atoms with Crippen LogP contribution in [-0.4, -0.2) is 36.5 Å². The average Bonchev–Trinajstić information content (AvgIpc) is 3.27. The molecule has 3 heterocycles. The molecule has 9 heteroatoms. The molecule has 132 valence electrons. The summed E-state index contributed by atoms with van der Waals surface area (Å²) in [7, 11) is -1.99. The Hall–Kier alpha value is -2.23. The first kappa shape index (κ1) is 17.6. The second kappa shape index (κ2) is 7.34. The molecule has 0 atom stereocenters. The lowest BCUT2D eigenvalue weighted by Crippen LogP contribution is -2.27. The van der Waals surface area contributed by atoms with Gasteiger partial charge >= 0.3 is 0 Å². The Labute approximate surface area is 149 Å². The largest absolute Gasteiger partial charge is 0.469 e. The number of hydrogen-bond acceptors (Lipinski definition) is 6. The molecule has 0 saturated carbocycles. The molecule has 1 N–H and O–H groups in total. The van der Waals surface area contributed by atoms with Gasteiger partial charge in [0.2, 0.25) is 0 Å². The summed E-state index contributed by atoms with van der Waals surface area (Å²) in [5.41, 5.74) is 0.232. The van der Waals surface area contributed by atoms with Gasteiger partial charge in [0.1, 0.15) is 15.7 Å². The minimum atomic E-state index is -3.55. The zero-order chi connectivity index (χ0) is 17.9. The van der Waals surface area contributed by atoms with Crippen molar-refractivity contribution in [3.63, 3.8) is 0 Å². The Morgan fingerprint density at radius 1 is 1.24 bits per heavy atom. The monoisotopic (exact) mass is 379 g/mol. The number of nitrogens with zero attached hydrogens (tertiary/aromatic N) is 2. The van der Waals surface area contributed by atoms with E-state index in [9.17, 15) is 13.2 Å². The number of rotatable bonds is 7. The van der Waals surface area contributed by atoms with E-state index in [0.29, 0.717) is 30.0 Å². The molecule has 3 aromatic heterocycles. The number of H-pyrrole nitrogens is 1. The molecule has 3 rings (SSSR count). The van der Waals surface area contributed by atoms with Crippen LogP contribution in [-0.2, 0) is 16.4 Å². The number of aryl methyl sites for hydroxylation is 1. The maximum atomic E-state index is 12.7. The van der Waals surface area contributed by atoms with Crippen LogP contribution in [0.5, 0.6) is 0 Å². The lowest BCUT2D eigenvalue weighted by atomic mass is 10.2. The first-order valence-electron chi connectivity index (χ1n) is 7.61. The van der Waals surface area contributed by atoms with E-state index in [0.717, 1.165) is 17.1 Å². The maximum Gasteiger partial charge on any atom is 0.264 e. The van der Waals surface area contributed by atoms with Gasteiger partial charge in [0.25, 0.3) is 15.6 Å². The number of nitrogens with one attached hydrogen (secondary N) is 1. The average molecular weight is 379 g/mol. The molecule has 3 aromatic rings. The SMILES string of the molecule is CN(CCCc1ccco1)S(=O)(=O)c1ccc(-c2ccc(=O)[nH]n2)s1. The smallest absolute Gasteiger partial charge is 0.264 e. The van der Waals surface area contributed by atoms with Gasteiger partial charge in [-0.3, -0.25) is 4.79 Å². The molecule has 0 radical (unpaired) electrons. The molecule has 0 fully saturated rings. The van der Waals surface area contributed by atoms with Gasteiger partial charge in [-0.25, -0.2) is 17.8 Å². The van der Waals surface area contributed by atoms with Crippen molar-refractivity contribution in [3.05, 3.63) is 58.8 Å². The van der Waals surface area contributed by atoms with Crippen LogP contribution in [0, 0.1) is 0 Å². The summed E-state index contributed by atoms with van der Waals surface area (Å²) in [6.07, 6.45) is 2.96. The molecule has 0 unspecified atom stereocenters. The van der Waals surface area contributed by atoms with E-state index >= 15 is 0 Å². The third kappa shape index (κ3) is 4.06. The summed E-state index contributed by atoms with van der Waals surface area (Å²) in [6, 6.07) is 9.86. The van der Waals surface area contributed by atoms with Crippen LogP contribution >= 0.6 is 11.3 Å². The van der Waals surface area contributed by atoms with E-state index in [-0.39, 0.29) is 9.77 Å². The van der Waals surface area contributed by atoms with Gasteiger partial charge in [0.05, 0.1) is 11.1 Å². The topological polar surface area (TPSA) is 96.3 Å². The molecule has 25 heavy (non-hydrogen) atoms. The summed E-state index contributed by atoms with van der Waals surface area (Å²) < 4.78 is 32.1. The minimum absolute atomic E-state index is 0.246. The van der Waals surface area contributed by atoms with Crippen molar-refractivity contribution in [2.24, 2.45) is 0 Å². The standard InChI is InChI=1S/C16H17N3O4S2/c1-19(10-2-4-12-5-3-11-23-12)25(21,22)16-9-7-14(24-16)13-6-8-15(20)18-17-13/h3,5-9,11H,2,4,10H2,1H3,(H,18,20). The molecule has 0 aliphatic heterocycles. The van der Waals surface area contributed by atoms with Crippen molar-refractivity contribution < 1.29 is 12.8 Å². The normalized spacial score (nSPS) is 11.9. The molecule has 0 saturated heterocycles. The fourth-order valence-corrected chi connectivity index (χ4v) is 4.98. The van der Waals surface area contributed by atoms with Crippen LogP contribution in [0.2, 0.25) is 0 Å². The highest BCUT2D eigenvalue weighted by molar-refractivity contribution is 7.91. The van der Waals surface area contributed by atoms with Crippen molar-refractivity contribution in [1.82, 2.24) is 14.5 Å². The number of sulfonamides is 1. The van der Waals surface area contributed by atoms with Gasteiger partial charge in [0.15, 0.2) is 0 Å². The Morgan fingerprint density at radius 3 is 2.76 bits per heavy atom. The third-order valence-corrected chi connectivity index (χ3v) is 7.09. The lowest BCUT2D eigenvalue weighted by Gasteiger charge is -2.15. The highest BCUT2D eigenvalue weighted by atomic mass is 32.2. The van der Waals surface area contributed by atoms with E-state index < -0.39 is 10.0 Å². The van der Waals surface area contributed by atoms with E-state index in [2.05, 4.69) is 10.2 Å². The molecule has 7 nitrogen and oxygen atoms in total. The molecular formula is C16H17N3O4S2. The van der Waals surface area contributed by atoms with Gasteiger partial charge in [-0.15, -0.1) is 11.3 Å². The number of hydrogen-bond donors (Lipinski definition) is 1. The van der Waals surface area contributed by atoms with E-state index in [1.54, 1.807) is 31.5 Å². The summed E-state index contributed by atoms with van der Waals surface area (Å²) >= 11 is 1.13. The van der Waals surface area contributed by atoms with Gasteiger partial charge in [-0.2, -0.15) is 5.10 Å². The maximum absolute atomic E-state index is 12.7. The highest BCUT2D eigenvalue weighted by Crippen LogP contribution is 2.30. The molecule has 0 bridgehead atoms. The van der Waals surface area contributed by atoms with E-state index in [4.69, 9.17) is 4.42 Å². The molecule has 0 spiro atoms. The van der Waals surface area contributed by atoms with Crippen molar-refractivity contribution >= 4 is 21.4 Å². The van der Waals surface area contributed by atoms with Crippen LogP contribution in [0.25, 0.3) is 10.6 Å². The second-order valence-corrected chi connectivity index (χ2v) is 8.79. The summed E-state index contributed by atoms with van der Waals surface area (Å²) in [6.45, 7) is 0.396. The van der Waals surface area contributed by atoms with E-state index in [1.807, 2.05) is 12.1 Å². The Balaban J connectivity index is 1.69. The first-order chi connectivity index (χ1) is 12.0. The van der Waals surface area contributed by atoms with E-state index in [1.165, 1.54) is 10.4 Å². The Kier molecular flexibility index (Phi) is 5.16. The fourth-order valence-electron chi connectivity index (χ4n) is 2.28. The van der Waals surface area contributed by atoms with Crippen molar-refractivity contribution in [3.8, 4) is 10.6 Å². The quantitative estimate of drug-likeness (QED) is 0.680. The van der Waals surface area contributed by atoms with Gasteiger partial charge in [-0.05, 0) is 36.8 Å². The van der Waals surface area contributed by atoms with Crippen molar-refractivity contribution in [2.75, 3.05) is 13.6 Å². The molecule has 0 aliphatic carbocycles. The molecule has 0 amide bonds. The summed E-state index contributed by atoms with van der Waals surface area (Å²) in [5.74, 6) is 0.841. The zero-order valence-electron chi connectivity index (χ0n) is 13.5.